The molecular formula is C65H85N5O5. The number of carbonyl (C=O) groups excluding carboxylic acids is 2. The Morgan fingerprint density at radius 1 is 0.907 bits per heavy atom. The van der Waals surface area contributed by atoms with Gasteiger partial charge in [-0.3, -0.25) is 9.59 Å². The fourth-order valence-corrected chi connectivity index (χ4v) is 15.1. The van der Waals surface area contributed by atoms with E-state index in [4.69, 9.17) is 10.5 Å². The molecule has 75 heavy (non-hydrogen) atoms. The first-order valence-corrected chi connectivity index (χ1v) is 28.9. The van der Waals surface area contributed by atoms with Crippen molar-refractivity contribution in [3.05, 3.63) is 148 Å². The maximum atomic E-state index is 14.1. The van der Waals surface area contributed by atoms with Crippen LogP contribution < -0.4 is 31.7 Å². The molecule has 10 heteroatoms. The predicted molar refractivity (Wildman–Crippen MR) is 301 cm³/mol. The molecular weight excluding hydrogens is 931 g/mol. The second-order valence-electron chi connectivity index (χ2n) is 23.9. The molecule has 7 aliphatic rings. The van der Waals surface area contributed by atoms with E-state index in [9.17, 15) is 19.8 Å². The number of ketones is 2. The van der Waals surface area contributed by atoms with Crippen molar-refractivity contribution in [3.8, 4) is 11.5 Å². The summed E-state index contributed by atoms with van der Waals surface area (Å²) >= 11 is 0. The number of hydrogen-bond donors (Lipinski definition) is 7. The van der Waals surface area contributed by atoms with Crippen molar-refractivity contribution >= 4 is 17.6 Å². The number of rotatable bonds is 21. The lowest BCUT2D eigenvalue weighted by Crippen LogP contribution is -2.57. The Balaban J connectivity index is 0.795. The Labute approximate surface area is 447 Å². The molecule has 0 bridgehead atoms. The van der Waals surface area contributed by atoms with E-state index in [2.05, 4.69) is 106 Å². The Morgan fingerprint density at radius 3 is 2.53 bits per heavy atom. The molecule has 1 saturated heterocycles. The van der Waals surface area contributed by atoms with Crippen molar-refractivity contribution in [2.45, 2.75) is 140 Å². The minimum absolute atomic E-state index is 0.0257. The standard InChI is InChI=1S/C65H85N5O5/c1-75-62-33-48(51(32-60(62)73)31-52-41-70-63(66)34-49(52)21-19-45-13-8-12-44(28-45)18-17-43-10-4-2-5-11-43)22-24-56(71)36-57(72)29-46-20-23-54-35-55(69-42-61(74)47-14-6-3-7-15-47)38-65(54,37-46)39-59-58-25-27-67-40-53(58)30-50-16-9-26-68-64(50)59/h2,4-5,8-13,16,20,22-24,28,32-34,41,46-47,50,53-55,58-59,61,63-64,67-70,73-74H,3,6-7,14-15,17-19,21,25-27,29-31,35-40,42,66H2,1H3. The summed E-state index contributed by atoms with van der Waals surface area (Å²) in [6.45, 7) is 3.78. The lowest BCUT2D eigenvalue weighted by molar-refractivity contribution is -0.125. The molecule has 0 radical (unpaired) electrons. The average Bonchev–Trinajstić information content (AvgIpc) is 3.80. The number of dihydropyridines is 1. The number of Topliss-reactive ketones (excluding diaryl/α,β-unsaturated/α-hetero) is 1. The second kappa shape index (κ2) is 24.9. The molecule has 10 rings (SSSR count). The molecule has 400 valence electrons. The molecule has 8 N–H and O–H groups in total. The molecule has 3 saturated carbocycles. The number of piperidine rings is 1. The molecule has 0 aromatic heterocycles. The second-order valence-corrected chi connectivity index (χ2v) is 23.9. The van der Waals surface area contributed by atoms with Gasteiger partial charge in [0, 0.05) is 37.8 Å². The summed E-state index contributed by atoms with van der Waals surface area (Å²) in [5, 5.41) is 37.3. The van der Waals surface area contributed by atoms with Gasteiger partial charge >= 0.3 is 0 Å². The monoisotopic (exact) mass is 1020 g/mol. The van der Waals surface area contributed by atoms with E-state index in [1.807, 2.05) is 6.20 Å². The molecule has 4 fully saturated rings. The van der Waals surface area contributed by atoms with Crippen molar-refractivity contribution < 1.29 is 24.5 Å². The number of hydrogen-bond acceptors (Lipinski definition) is 10. The van der Waals surface area contributed by atoms with E-state index in [1.54, 1.807) is 18.2 Å². The fraction of sp³-hybridized carbons (Fsp3) is 0.538. The zero-order chi connectivity index (χ0) is 51.7. The van der Waals surface area contributed by atoms with E-state index in [-0.39, 0.29) is 47.3 Å². The summed E-state index contributed by atoms with van der Waals surface area (Å²) in [5.41, 5.74) is 14.2. The number of phenols is 1. The van der Waals surface area contributed by atoms with Crippen molar-refractivity contribution in [1.29, 1.82) is 0 Å². The zero-order valence-corrected chi connectivity index (χ0v) is 44.6. The van der Waals surface area contributed by atoms with Crippen LogP contribution in [0.5, 0.6) is 11.5 Å². The number of aliphatic hydroxyl groups is 1. The average molecular weight is 1020 g/mol. The van der Waals surface area contributed by atoms with Gasteiger partial charge in [0.05, 0.1) is 25.8 Å². The summed E-state index contributed by atoms with van der Waals surface area (Å²) in [5.74, 6) is 3.46. The van der Waals surface area contributed by atoms with Crippen molar-refractivity contribution in [2.24, 2.45) is 52.6 Å². The molecule has 3 aromatic rings. The highest BCUT2D eigenvalue weighted by Gasteiger charge is 2.54. The van der Waals surface area contributed by atoms with E-state index in [1.165, 1.54) is 62.0 Å². The molecule has 3 aliphatic heterocycles. The van der Waals surface area contributed by atoms with Gasteiger partial charge < -0.3 is 42.0 Å². The number of benzene rings is 3. The van der Waals surface area contributed by atoms with Gasteiger partial charge in [-0.25, -0.2) is 0 Å². The molecule has 0 amide bonds. The zero-order valence-electron chi connectivity index (χ0n) is 44.6. The first kappa shape index (κ1) is 53.3. The number of aromatic hydroxyl groups is 1. The summed E-state index contributed by atoms with van der Waals surface area (Å²) in [7, 11) is 1.52. The van der Waals surface area contributed by atoms with Crippen LogP contribution >= 0.6 is 0 Å². The van der Waals surface area contributed by atoms with Crippen LogP contribution in [0.1, 0.15) is 118 Å². The Kier molecular flexibility index (Phi) is 17.7. The van der Waals surface area contributed by atoms with Gasteiger partial charge in [-0.2, -0.15) is 0 Å². The molecule has 10 nitrogen and oxygen atoms in total. The maximum Gasteiger partial charge on any atom is 0.163 e. The van der Waals surface area contributed by atoms with Gasteiger partial charge in [-0.05, 0) is 207 Å². The first-order valence-electron chi connectivity index (χ1n) is 28.9. The number of nitrogens with one attached hydrogen (secondary N) is 4. The number of methoxy groups -OCH3 is 1. The van der Waals surface area contributed by atoms with Crippen LogP contribution in [0.4, 0.5) is 0 Å². The molecule has 4 aliphatic carbocycles. The minimum Gasteiger partial charge on any atom is -0.504 e. The van der Waals surface area contributed by atoms with E-state index in [0.717, 1.165) is 106 Å². The summed E-state index contributed by atoms with van der Waals surface area (Å²) < 4.78 is 5.55. The fourth-order valence-electron chi connectivity index (χ4n) is 15.1. The largest absolute Gasteiger partial charge is 0.504 e. The lowest BCUT2D eigenvalue weighted by Gasteiger charge is -2.54. The number of allylic oxidation sites excluding steroid dienone is 5. The SMILES string of the molecule is COc1cc(C=CC(=O)CC(=O)CC2C=CC3CC(NCC(O)C4CCCCC4)CC3(CC3C4CCNCC4CC4C=CCNC43)C2)c(CC2=CNC(N)C=C2CCc2cccc(CCc3ccccc3)c2)cc1O. The molecule has 11 unspecified atom stereocenters. The van der Waals surface area contributed by atoms with Crippen LogP contribution in [0.25, 0.3) is 6.08 Å². The van der Waals surface area contributed by atoms with Crippen LogP contribution in [-0.4, -0.2) is 79.4 Å². The normalized spacial score (nSPS) is 29.9. The molecule has 0 spiro atoms. The van der Waals surface area contributed by atoms with Gasteiger partial charge in [-0.15, -0.1) is 0 Å². The number of ether oxygens (including phenoxy) is 1. The third-order valence-electron chi connectivity index (χ3n) is 18.9. The third kappa shape index (κ3) is 13.4. The van der Waals surface area contributed by atoms with Crippen LogP contribution in [0.15, 0.2) is 121 Å². The van der Waals surface area contributed by atoms with Gasteiger partial charge in [0.15, 0.2) is 17.3 Å². The van der Waals surface area contributed by atoms with Crippen molar-refractivity contribution in [3.63, 3.8) is 0 Å². The third-order valence-corrected chi connectivity index (χ3v) is 18.9. The number of aryl methyl sites for hydroxylation is 3. The highest BCUT2D eigenvalue weighted by Crippen LogP contribution is 2.58. The summed E-state index contributed by atoms with van der Waals surface area (Å²) in [6, 6.07) is 23.8. The minimum atomic E-state index is -0.308. The smallest absolute Gasteiger partial charge is 0.163 e. The van der Waals surface area contributed by atoms with Crippen molar-refractivity contribution in [2.75, 3.05) is 33.3 Å². The van der Waals surface area contributed by atoms with Gasteiger partial charge in [0.1, 0.15) is 5.78 Å². The van der Waals surface area contributed by atoms with Crippen LogP contribution in [0.2, 0.25) is 0 Å². The van der Waals surface area contributed by atoms with E-state index < -0.39 is 0 Å². The predicted octanol–water partition coefficient (Wildman–Crippen LogP) is 9.64. The highest BCUT2D eigenvalue weighted by atomic mass is 16.5. The Morgan fingerprint density at radius 2 is 1.71 bits per heavy atom. The van der Waals surface area contributed by atoms with Gasteiger partial charge in [0.2, 0.25) is 0 Å². The summed E-state index contributed by atoms with van der Waals surface area (Å²) in [4.78, 5) is 27.9. The van der Waals surface area contributed by atoms with Gasteiger partial charge in [0.25, 0.3) is 0 Å². The van der Waals surface area contributed by atoms with Crippen LogP contribution in [0, 0.1) is 46.8 Å². The molecule has 3 heterocycles. The number of carbonyl (C=O) groups is 2. The quantitative estimate of drug-likeness (QED) is 0.0312. The van der Waals surface area contributed by atoms with Crippen LogP contribution in [-0.2, 0) is 35.3 Å². The Hall–Kier alpha value is -5.10. The molecule has 3 aromatic carbocycles. The number of aliphatic hydroxyl groups excluding tert-OH is 1. The van der Waals surface area contributed by atoms with E-state index >= 15 is 0 Å². The lowest BCUT2D eigenvalue weighted by atomic mass is 9.55. The maximum absolute atomic E-state index is 14.1. The van der Waals surface area contributed by atoms with Crippen LogP contribution in [0.3, 0.4) is 0 Å². The number of phenolic OH excluding ortho intramolecular Hbond substituents is 1. The van der Waals surface area contributed by atoms with E-state index in [0.29, 0.717) is 72.7 Å². The first-order chi connectivity index (χ1) is 36.6. The molecule has 11 atom stereocenters. The highest BCUT2D eigenvalue weighted by molar-refractivity contribution is 6.06. The summed E-state index contributed by atoms with van der Waals surface area (Å²) in [6.07, 6.45) is 33.4. The number of fused-ring (bicyclic) bond motifs is 3. The van der Waals surface area contributed by atoms with Crippen molar-refractivity contribution in [1.82, 2.24) is 21.3 Å². The van der Waals surface area contributed by atoms with Gasteiger partial charge in [-0.1, -0.05) is 104 Å². The Bertz CT molecular complexity index is 2600. The topological polar surface area (TPSA) is 158 Å². The number of nitrogens with two attached hydrogens (primary N) is 1.